The Kier molecular flexibility index (Phi) is 3.25. The molecule has 2 aliphatic carbocycles. The molecule has 0 aliphatic heterocycles. The standard InChI is InChI=1S/C15H20N2O2/c1-9-12-8-11(15(18)19)6-7-13(12)17-14(16-9)10-4-2-3-5-10/h10-11H,2-8H2,1H3,(H,18,19). The molecule has 1 fully saturated rings. The Balaban J connectivity index is 1.90. The van der Waals surface area contributed by atoms with Gasteiger partial charge >= 0.3 is 5.97 Å². The highest BCUT2D eigenvalue weighted by atomic mass is 16.4. The molecule has 4 heteroatoms. The quantitative estimate of drug-likeness (QED) is 0.888. The monoisotopic (exact) mass is 260 g/mol. The number of fused-ring (bicyclic) bond motifs is 1. The summed E-state index contributed by atoms with van der Waals surface area (Å²) in [5, 5.41) is 9.14. The van der Waals surface area contributed by atoms with Crippen molar-refractivity contribution in [3.8, 4) is 0 Å². The van der Waals surface area contributed by atoms with E-state index in [-0.39, 0.29) is 5.92 Å². The lowest BCUT2D eigenvalue weighted by Gasteiger charge is -2.23. The minimum absolute atomic E-state index is 0.257. The number of aryl methyl sites for hydroxylation is 2. The van der Waals surface area contributed by atoms with Crippen molar-refractivity contribution in [2.24, 2.45) is 5.92 Å². The predicted molar refractivity (Wildman–Crippen MR) is 71.1 cm³/mol. The molecular formula is C15H20N2O2. The molecule has 1 unspecified atom stereocenters. The molecule has 0 radical (unpaired) electrons. The van der Waals surface area contributed by atoms with Crippen LogP contribution in [0.15, 0.2) is 0 Å². The van der Waals surface area contributed by atoms with Gasteiger partial charge in [0.05, 0.1) is 5.92 Å². The molecule has 19 heavy (non-hydrogen) atoms. The first kappa shape index (κ1) is 12.6. The van der Waals surface area contributed by atoms with Crippen LogP contribution in [0.2, 0.25) is 0 Å². The van der Waals surface area contributed by atoms with Gasteiger partial charge in [-0.3, -0.25) is 4.79 Å². The third kappa shape index (κ3) is 2.36. The molecule has 3 rings (SSSR count). The van der Waals surface area contributed by atoms with Crippen LogP contribution >= 0.6 is 0 Å². The molecule has 1 aromatic heterocycles. The lowest BCUT2D eigenvalue weighted by Crippen LogP contribution is -2.25. The van der Waals surface area contributed by atoms with Crippen LogP contribution < -0.4 is 0 Å². The molecule has 1 saturated carbocycles. The number of rotatable bonds is 2. The van der Waals surface area contributed by atoms with Crippen LogP contribution in [0.25, 0.3) is 0 Å². The fraction of sp³-hybridized carbons (Fsp3) is 0.667. The maximum atomic E-state index is 11.1. The number of aliphatic carboxylic acids is 1. The lowest BCUT2D eigenvalue weighted by atomic mass is 9.85. The topological polar surface area (TPSA) is 63.1 Å². The van der Waals surface area contributed by atoms with Crippen LogP contribution in [0, 0.1) is 12.8 Å². The molecule has 0 aromatic carbocycles. The number of carboxylic acids is 1. The van der Waals surface area contributed by atoms with Crippen molar-refractivity contribution in [2.45, 2.75) is 57.8 Å². The Morgan fingerprint density at radius 1 is 1.21 bits per heavy atom. The van der Waals surface area contributed by atoms with Crippen LogP contribution in [0.5, 0.6) is 0 Å². The number of carboxylic acid groups (broad SMARTS) is 1. The molecule has 1 aromatic rings. The summed E-state index contributed by atoms with van der Waals surface area (Å²) in [5.41, 5.74) is 3.19. The van der Waals surface area contributed by atoms with Crippen LogP contribution in [0.1, 0.15) is 60.8 Å². The summed E-state index contributed by atoms with van der Waals surface area (Å²) in [7, 11) is 0. The van der Waals surface area contributed by atoms with E-state index in [2.05, 4.69) is 4.98 Å². The first-order valence-corrected chi connectivity index (χ1v) is 7.24. The fourth-order valence-electron chi connectivity index (χ4n) is 3.39. The molecule has 0 amide bonds. The predicted octanol–water partition coefficient (Wildman–Crippen LogP) is 2.63. The highest BCUT2D eigenvalue weighted by Crippen LogP contribution is 2.34. The molecule has 1 heterocycles. The van der Waals surface area contributed by atoms with Gasteiger partial charge in [0.25, 0.3) is 0 Å². The molecular weight excluding hydrogens is 240 g/mol. The van der Waals surface area contributed by atoms with E-state index >= 15 is 0 Å². The fourth-order valence-corrected chi connectivity index (χ4v) is 3.39. The van der Waals surface area contributed by atoms with Gasteiger partial charge in [0.2, 0.25) is 0 Å². The van der Waals surface area contributed by atoms with Gasteiger partial charge in [0.1, 0.15) is 5.82 Å². The third-order valence-electron chi connectivity index (χ3n) is 4.57. The molecule has 1 N–H and O–H groups in total. The summed E-state index contributed by atoms with van der Waals surface area (Å²) in [4.78, 5) is 20.5. The van der Waals surface area contributed by atoms with Gasteiger partial charge in [-0.05, 0) is 44.6 Å². The second kappa shape index (κ2) is 4.91. The Hall–Kier alpha value is -1.45. The van der Waals surface area contributed by atoms with E-state index in [0.29, 0.717) is 18.8 Å². The van der Waals surface area contributed by atoms with Gasteiger partial charge in [-0.1, -0.05) is 12.8 Å². The minimum Gasteiger partial charge on any atom is -0.481 e. The number of aromatic nitrogens is 2. The van der Waals surface area contributed by atoms with E-state index in [1.54, 1.807) is 0 Å². The Morgan fingerprint density at radius 2 is 1.95 bits per heavy atom. The molecule has 2 aliphatic rings. The van der Waals surface area contributed by atoms with Crippen molar-refractivity contribution in [1.29, 1.82) is 0 Å². The molecule has 1 atom stereocenters. The Morgan fingerprint density at radius 3 is 2.63 bits per heavy atom. The summed E-state index contributed by atoms with van der Waals surface area (Å²) < 4.78 is 0. The highest BCUT2D eigenvalue weighted by Gasteiger charge is 2.28. The van der Waals surface area contributed by atoms with Crippen LogP contribution in [0.3, 0.4) is 0 Å². The Labute approximate surface area is 113 Å². The van der Waals surface area contributed by atoms with Gasteiger partial charge in [-0.2, -0.15) is 0 Å². The van der Waals surface area contributed by atoms with E-state index in [1.165, 1.54) is 25.7 Å². The van der Waals surface area contributed by atoms with Gasteiger partial charge in [-0.15, -0.1) is 0 Å². The summed E-state index contributed by atoms with van der Waals surface area (Å²) in [5.74, 6) is 0.584. The van der Waals surface area contributed by atoms with Crippen molar-refractivity contribution in [1.82, 2.24) is 9.97 Å². The lowest BCUT2D eigenvalue weighted by molar-refractivity contribution is -0.142. The van der Waals surface area contributed by atoms with Crippen molar-refractivity contribution < 1.29 is 9.90 Å². The van der Waals surface area contributed by atoms with Gasteiger partial charge < -0.3 is 5.11 Å². The van der Waals surface area contributed by atoms with E-state index < -0.39 is 5.97 Å². The smallest absolute Gasteiger partial charge is 0.306 e. The molecule has 102 valence electrons. The molecule has 0 saturated heterocycles. The Bertz CT molecular complexity index is 507. The van der Waals surface area contributed by atoms with E-state index in [0.717, 1.165) is 29.2 Å². The SMILES string of the molecule is Cc1nc(C2CCCC2)nc2c1CC(C(=O)O)CC2. The number of nitrogens with zero attached hydrogens (tertiary/aromatic N) is 2. The summed E-state index contributed by atoms with van der Waals surface area (Å²) >= 11 is 0. The van der Waals surface area contributed by atoms with Crippen LogP contribution in [-0.4, -0.2) is 21.0 Å². The summed E-state index contributed by atoms with van der Waals surface area (Å²) in [6.07, 6.45) is 7.07. The van der Waals surface area contributed by atoms with E-state index in [1.807, 2.05) is 6.92 Å². The van der Waals surface area contributed by atoms with Gasteiger partial charge in [0, 0.05) is 17.3 Å². The van der Waals surface area contributed by atoms with Gasteiger partial charge in [0.15, 0.2) is 0 Å². The summed E-state index contributed by atoms with van der Waals surface area (Å²) in [6.45, 7) is 2.00. The number of hydrogen-bond acceptors (Lipinski definition) is 3. The van der Waals surface area contributed by atoms with Crippen LogP contribution in [0.4, 0.5) is 0 Å². The van der Waals surface area contributed by atoms with E-state index in [4.69, 9.17) is 10.1 Å². The number of carbonyl (C=O) groups is 1. The van der Waals surface area contributed by atoms with Crippen molar-refractivity contribution in [3.63, 3.8) is 0 Å². The van der Waals surface area contributed by atoms with Crippen molar-refractivity contribution in [2.75, 3.05) is 0 Å². The largest absolute Gasteiger partial charge is 0.481 e. The zero-order valence-corrected chi connectivity index (χ0v) is 11.4. The van der Waals surface area contributed by atoms with E-state index in [9.17, 15) is 4.79 Å². The number of hydrogen-bond donors (Lipinski definition) is 1. The normalized spacial score (nSPS) is 23.3. The zero-order chi connectivity index (χ0) is 13.4. The average Bonchev–Trinajstić information content (AvgIpc) is 2.92. The average molecular weight is 260 g/mol. The zero-order valence-electron chi connectivity index (χ0n) is 11.4. The second-order valence-electron chi connectivity index (χ2n) is 5.85. The van der Waals surface area contributed by atoms with Gasteiger partial charge in [-0.25, -0.2) is 9.97 Å². The first-order chi connectivity index (χ1) is 9.15. The third-order valence-corrected chi connectivity index (χ3v) is 4.57. The van der Waals surface area contributed by atoms with Crippen molar-refractivity contribution in [3.05, 3.63) is 22.8 Å². The van der Waals surface area contributed by atoms with Crippen molar-refractivity contribution >= 4 is 5.97 Å². The molecule has 0 bridgehead atoms. The highest BCUT2D eigenvalue weighted by molar-refractivity contribution is 5.71. The minimum atomic E-state index is -0.690. The summed E-state index contributed by atoms with van der Waals surface area (Å²) in [6, 6.07) is 0. The molecule has 4 nitrogen and oxygen atoms in total. The maximum absolute atomic E-state index is 11.1. The first-order valence-electron chi connectivity index (χ1n) is 7.24. The maximum Gasteiger partial charge on any atom is 0.306 e. The molecule has 0 spiro atoms. The second-order valence-corrected chi connectivity index (χ2v) is 5.85. The van der Waals surface area contributed by atoms with Crippen LogP contribution in [-0.2, 0) is 17.6 Å².